The van der Waals surface area contributed by atoms with Gasteiger partial charge in [0.05, 0.1) is 6.10 Å². The van der Waals surface area contributed by atoms with Gasteiger partial charge in [0.1, 0.15) is 0 Å². The van der Waals surface area contributed by atoms with E-state index in [1.165, 1.54) is 4.90 Å². The molecule has 1 aliphatic rings. The molecule has 0 aliphatic carbocycles. The number of amides is 2. The van der Waals surface area contributed by atoms with E-state index in [0.717, 1.165) is 24.1 Å². The first-order valence-electron chi connectivity index (χ1n) is 6.45. The third kappa shape index (κ3) is 3.12. The molecule has 0 saturated heterocycles. The summed E-state index contributed by atoms with van der Waals surface area (Å²) in [5.41, 5.74) is 1.90. The molecule has 0 spiro atoms. The van der Waals surface area contributed by atoms with Crippen molar-refractivity contribution in [2.75, 3.05) is 18.0 Å². The van der Waals surface area contributed by atoms with Gasteiger partial charge < -0.3 is 15.3 Å². The molecule has 19 heavy (non-hydrogen) atoms. The molecular formula is C14H18N2O3. The minimum atomic E-state index is -0.669. The summed E-state index contributed by atoms with van der Waals surface area (Å²) in [5, 5.41) is 11.5. The Bertz CT molecular complexity index is 485. The number of hydrogen-bond donors (Lipinski definition) is 2. The highest BCUT2D eigenvalue weighted by Gasteiger charge is 2.26. The number of aliphatic hydroxyl groups excluding tert-OH is 1. The molecule has 0 bridgehead atoms. The Kier molecular flexibility index (Phi) is 4.16. The van der Waals surface area contributed by atoms with Crippen molar-refractivity contribution in [3.05, 3.63) is 29.8 Å². The average Bonchev–Trinajstić information content (AvgIpc) is 2.43. The molecule has 102 valence electrons. The van der Waals surface area contributed by atoms with Gasteiger partial charge in [-0.15, -0.1) is 0 Å². The molecule has 5 nitrogen and oxygen atoms in total. The van der Waals surface area contributed by atoms with Crippen LogP contribution in [0.3, 0.4) is 0 Å². The number of carbonyl (C=O) groups is 2. The lowest BCUT2D eigenvalue weighted by Crippen LogP contribution is -2.46. The highest BCUT2D eigenvalue weighted by Crippen LogP contribution is 2.26. The molecule has 2 amide bonds. The fourth-order valence-corrected chi connectivity index (χ4v) is 2.18. The summed E-state index contributed by atoms with van der Waals surface area (Å²) in [4.78, 5) is 25.4. The van der Waals surface area contributed by atoms with Crippen molar-refractivity contribution < 1.29 is 14.7 Å². The van der Waals surface area contributed by atoms with E-state index in [1.54, 1.807) is 6.92 Å². The summed E-state index contributed by atoms with van der Waals surface area (Å²) in [5.74, 6) is -1.23. The maximum atomic E-state index is 12.1. The highest BCUT2D eigenvalue weighted by atomic mass is 16.3. The second-order valence-electron chi connectivity index (χ2n) is 4.75. The second kappa shape index (κ2) is 5.84. The van der Waals surface area contributed by atoms with Gasteiger partial charge in [-0.3, -0.25) is 9.59 Å². The molecule has 1 aliphatic heterocycles. The lowest BCUT2D eigenvalue weighted by molar-refractivity contribution is -0.137. The minimum Gasteiger partial charge on any atom is -0.392 e. The molecule has 2 rings (SSSR count). The summed E-state index contributed by atoms with van der Waals surface area (Å²) in [6, 6.07) is 7.62. The van der Waals surface area contributed by atoms with Crippen molar-refractivity contribution in [3.8, 4) is 0 Å². The molecule has 1 unspecified atom stereocenters. The van der Waals surface area contributed by atoms with Gasteiger partial charge in [-0.05, 0) is 31.4 Å². The normalized spacial score (nSPS) is 15.6. The van der Waals surface area contributed by atoms with Crippen LogP contribution < -0.4 is 10.2 Å². The number of fused-ring (bicyclic) bond motifs is 1. The zero-order chi connectivity index (χ0) is 13.8. The van der Waals surface area contributed by atoms with E-state index in [2.05, 4.69) is 5.32 Å². The largest absolute Gasteiger partial charge is 0.392 e. The van der Waals surface area contributed by atoms with Crippen LogP contribution in [0, 0.1) is 0 Å². The van der Waals surface area contributed by atoms with Crippen molar-refractivity contribution in [3.63, 3.8) is 0 Å². The van der Waals surface area contributed by atoms with E-state index in [0.29, 0.717) is 6.54 Å². The number of benzene rings is 1. The molecular weight excluding hydrogens is 244 g/mol. The number of para-hydroxylation sites is 1. The van der Waals surface area contributed by atoms with Gasteiger partial charge >= 0.3 is 11.8 Å². The molecule has 1 aromatic rings. The lowest BCUT2D eigenvalue weighted by atomic mass is 10.0. The quantitative estimate of drug-likeness (QED) is 0.761. The molecule has 1 heterocycles. The van der Waals surface area contributed by atoms with Gasteiger partial charge in [-0.1, -0.05) is 18.2 Å². The number of nitrogens with one attached hydrogen (secondary N) is 1. The monoisotopic (exact) mass is 262 g/mol. The third-order valence-corrected chi connectivity index (χ3v) is 3.11. The Labute approximate surface area is 112 Å². The first kappa shape index (κ1) is 13.5. The third-order valence-electron chi connectivity index (χ3n) is 3.11. The fraction of sp³-hybridized carbons (Fsp3) is 0.429. The van der Waals surface area contributed by atoms with E-state index < -0.39 is 17.9 Å². The van der Waals surface area contributed by atoms with Gasteiger partial charge in [-0.2, -0.15) is 0 Å². The van der Waals surface area contributed by atoms with Gasteiger partial charge in [0, 0.05) is 18.8 Å². The van der Waals surface area contributed by atoms with Crippen LogP contribution in [-0.2, 0) is 16.0 Å². The van der Waals surface area contributed by atoms with Crippen LogP contribution in [0.4, 0.5) is 5.69 Å². The Balaban J connectivity index is 2.10. The number of aliphatic hydroxyl groups is 1. The summed E-state index contributed by atoms with van der Waals surface area (Å²) < 4.78 is 0. The van der Waals surface area contributed by atoms with Gasteiger partial charge in [-0.25, -0.2) is 0 Å². The Morgan fingerprint density at radius 2 is 2.16 bits per heavy atom. The lowest BCUT2D eigenvalue weighted by Gasteiger charge is -2.28. The van der Waals surface area contributed by atoms with Crippen molar-refractivity contribution in [1.82, 2.24) is 5.32 Å². The van der Waals surface area contributed by atoms with Crippen molar-refractivity contribution in [2.45, 2.75) is 25.9 Å². The number of anilines is 1. The summed E-state index contributed by atoms with van der Waals surface area (Å²) in [7, 11) is 0. The summed E-state index contributed by atoms with van der Waals surface area (Å²) >= 11 is 0. The average molecular weight is 262 g/mol. The predicted octanol–water partition coefficient (Wildman–Crippen LogP) is 0.463. The van der Waals surface area contributed by atoms with Crippen molar-refractivity contribution in [1.29, 1.82) is 0 Å². The molecule has 0 saturated carbocycles. The van der Waals surface area contributed by atoms with Gasteiger partial charge in [0.15, 0.2) is 0 Å². The predicted molar refractivity (Wildman–Crippen MR) is 71.8 cm³/mol. The summed E-state index contributed by atoms with van der Waals surface area (Å²) in [6.45, 7) is 2.19. The van der Waals surface area contributed by atoms with Crippen LogP contribution in [0.25, 0.3) is 0 Å². The number of carbonyl (C=O) groups excluding carboxylic acids is 2. The first-order valence-corrected chi connectivity index (χ1v) is 6.45. The Morgan fingerprint density at radius 3 is 2.89 bits per heavy atom. The van der Waals surface area contributed by atoms with Crippen LogP contribution in [0.15, 0.2) is 24.3 Å². The zero-order valence-corrected chi connectivity index (χ0v) is 10.9. The van der Waals surface area contributed by atoms with E-state index in [4.69, 9.17) is 5.11 Å². The molecule has 1 atom stereocenters. The molecule has 0 aromatic heterocycles. The second-order valence-corrected chi connectivity index (χ2v) is 4.75. The Morgan fingerprint density at radius 1 is 1.42 bits per heavy atom. The molecule has 2 N–H and O–H groups in total. The first-order chi connectivity index (χ1) is 9.09. The molecule has 0 fully saturated rings. The fourth-order valence-electron chi connectivity index (χ4n) is 2.18. The highest BCUT2D eigenvalue weighted by molar-refractivity contribution is 6.40. The number of rotatable bonds is 2. The van der Waals surface area contributed by atoms with Crippen LogP contribution in [0.2, 0.25) is 0 Å². The SMILES string of the molecule is CC(O)CNC(=O)C(=O)N1CCCc2ccccc21. The maximum Gasteiger partial charge on any atom is 0.316 e. The van der Waals surface area contributed by atoms with Crippen molar-refractivity contribution >= 4 is 17.5 Å². The van der Waals surface area contributed by atoms with Gasteiger partial charge in [0.25, 0.3) is 0 Å². The topological polar surface area (TPSA) is 69.6 Å². The molecule has 5 heteroatoms. The van der Waals surface area contributed by atoms with Crippen LogP contribution in [0.5, 0.6) is 0 Å². The zero-order valence-electron chi connectivity index (χ0n) is 10.9. The smallest absolute Gasteiger partial charge is 0.316 e. The van der Waals surface area contributed by atoms with Crippen LogP contribution >= 0.6 is 0 Å². The van der Waals surface area contributed by atoms with E-state index in [-0.39, 0.29) is 6.54 Å². The van der Waals surface area contributed by atoms with Crippen LogP contribution in [-0.4, -0.2) is 36.1 Å². The number of nitrogens with zero attached hydrogens (tertiary/aromatic N) is 1. The molecule has 0 radical (unpaired) electrons. The molecule has 1 aromatic carbocycles. The van der Waals surface area contributed by atoms with E-state index >= 15 is 0 Å². The minimum absolute atomic E-state index is 0.0834. The summed E-state index contributed by atoms with van der Waals surface area (Å²) in [6.07, 6.45) is 1.12. The standard InChI is InChI=1S/C14H18N2O3/c1-10(17)9-15-13(18)14(19)16-8-4-6-11-5-2-3-7-12(11)16/h2-3,5,7,10,17H,4,6,8-9H2,1H3,(H,15,18). The Hall–Kier alpha value is -1.88. The van der Waals surface area contributed by atoms with Crippen molar-refractivity contribution in [2.24, 2.45) is 0 Å². The van der Waals surface area contributed by atoms with E-state index in [1.807, 2.05) is 24.3 Å². The maximum absolute atomic E-state index is 12.1. The van der Waals surface area contributed by atoms with Gasteiger partial charge in [0.2, 0.25) is 0 Å². The number of hydrogen-bond acceptors (Lipinski definition) is 3. The van der Waals surface area contributed by atoms with E-state index in [9.17, 15) is 9.59 Å². The van der Waals surface area contributed by atoms with Crippen LogP contribution in [0.1, 0.15) is 18.9 Å². The number of aryl methyl sites for hydroxylation is 1.